The molecular formula is C18H24F5N2O6P. The molecule has 0 saturated carbocycles. The van der Waals surface area contributed by atoms with Gasteiger partial charge in [-0.15, -0.1) is 0 Å². The number of benzene rings is 1. The summed E-state index contributed by atoms with van der Waals surface area (Å²) >= 11 is 0. The smallest absolute Gasteiger partial charge is 0.392 e. The van der Waals surface area contributed by atoms with Gasteiger partial charge in [0.25, 0.3) is 0 Å². The van der Waals surface area contributed by atoms with E-state index in [9.17, 15) is 36.1 Å². The summed E-state index contributed by atoms with van der Waals surface area (Å²) < 4.78 is 96.2. The van der Waals surface area contributed by atoms with E-state index in [1.54, 1.807) is 0 Å². The molecule has 0 aliphatic heterocycles. The molecule has 0 amide bonds. The van der Waals surface area contributed by atoms with Gasteiger partial charge in [0.2, 0.25) is 34.8 Å². The summed E-state index contributed by atoms with van der Waals surface area (Å²) in [6.45, 7) is 8.32. The molecule has 14 heteroatoms. The van der Waals surface area contributed by atoms with Crippen LogP contribution < -0.4 is 14.7 Å². The zero-order chi connectivity index (χ0) is 25.0. The van der Waals surface area contributed by atoms with E-state index in [1.807, 2.05) is 0 Å². The van der Waals surface area contributed by atoms with Gasteiger partial charge in [-0.2, -0.15) is 8.78 Å². The molecule has 8 nitrogen and oxygen atoms in total. The van der Waals surface area contributed by atoms with Crippen LogP contribution in [0.3, 0.4) is 0 Å². The molecule has 1 rings (SSSR count). The summed E-state index contributed by atoms with van der Waals surface area (Å²) in [5, 5.41) is 4.12. The Morgan fingerprint density at radius 1 is 0.688 bits per heavy atom. The van der Waals surface area contributed by atoms with Crippen LogP contribution in [0.1, 0.15) is 41.5 Å². The van der Waals surface area contributed by atoms with Crippen LogP contribution >= 0.6 is 7.67 Å². The molecule has 0 unspecified atom stereocenters. The zero-order valence-electron chi connectivity index (χ0n) is 18.1. The molecule has 0 aliphatic rings. The molecule has 2 atom stereocenters. The molecule has 32 heavy (non-hydrogen) atoms. The molecule has 1 aromatic rings. The van der Waals surface area contributed by atoms with Gasteiger partial charge in [0.1, 0.15) is 12.1 Å². The monoisotopic (exact) mass is 490 g/mol. The second-order valence-corrected chi connectivity index (χ2v) is 9.02. The normalized spacial score (nSPS) is 13.8. The third-order valence-corrected chi connectivity index (χ3v) is 5.42. The molecule has 0 fully saturated rings. The Balaban J connectivity index is 3.36. The fraction of sp³-hybridized carbons (Fsp3) is 0.556. The van der Waals surface area contributed by atoms with E-state index >= 15 is 0 Å². The maximum Gasteiger partial charge on any atom is 0.392 e. The molecule has 1 aromatic carbocycles. The van der Waals surface area contributed by atoms with Crippen LogP contribution in [-0.2, 0) is 23.6 Å². The molecule has 0 heterocycles. The lowest BCUT2D eigenvalue weighted by atomic mass is 10.3. The fourth-order valence-corrected chi connectivity index (χ4v) is 4.00. The van der Waals surface area contributed by atoms with Crippen molar-refractivity contribution in [1.82, 2.24) is 10.2 Å². The highest BCUT2D eigenvalue weighted by atomic mass is 31.2. The third kappa shape index (κ3) is 7.14. The minimum absolute atomic E-state index is 0.588. The maximum atomic E-state index is 14.1. The predicted octanol–water partition coefficient (Wildman–Crippen LogP) is 3.73. The van der Waals surface area contributed by atoms with Crippen molar-refractivity contribution in [1.29, 1.82) is 0 Å². The number of hydrogen-bond donors (Lipinski definition) is 2. The van der Waals surface area contributed by atoms with Crippen molar-refractivity contribution in [3.63, 3.8) is 0 Å². The molecule has 182 valence electrons. The predicted molar refractivity (Wildman–Crippen MR) is 102 cm³/mol. The summed E-state index contributed by atoms with van der Waals surface area (Å²) in [6.07, 6.45) is -1.18. The molecule has 0 aromatic heterocycles. The molecular weight excluding hydrogens is 466 g/mol. The van der Waals surface area contributed by atoms with Gasteiger partial charge in [-0.05, 0) is 41.5 Å². The summed E-state index contributed by atoms with van der Waals surface area (Å²) in [6, 6.07) is -2.91. The SMILES string of the molecule is CC(C)OC(=O)[C@H](C)NP(=O)(N[C@@H](C)C(=O)OC(C)C)Oc1c(F)c(F)c(F)c(F)c1F. The highest BCUT2D eigenvalue weighted by Crippen LogP contribution is 2.43. The molecule has 0 aliphatic carbocycles. The Hall–Kier alpha value is -2.24. The first-order valence-electron chi connectivity index (χ1n) is 9.37. The minimum atomic E-state index is -4.89. The second-order valence-electron chi connectivity index (χ2n) is 7.21. The van der Waals surface area contributed by atoms with E-state index in [0.29, 0.717) is 0 Å². The van der Waals surface area contributed by atoms with Gasteiger partial charge in [-0.25, -0.2) is 27.9 Å². The number of hydrogen-bond acceptors (Lipinski definition) is 6. The van der Waals surface area contributed by atoms with Crippen molar-refractivity contribution in [2.24, 2.45) is 0 Å². The van der Waals surface area contributed by atoms with Crippen LogP contribution in [0.4, 0.5) is 22.0 Å². The van der Waals surface area contributed by atoms with E-state index in [1.165, 1.54) is 27.7 Å². The lowest BCUT2D eigenvalue weighted by Gasteiger charge is -2.27. The minimum Gasteiger partial charge on any atom is -0.462 e. The molecule has 0 radical (unpaired) electrons. The first kappa shape index (κ1) is 27.8. The zero-order valence-corrected chi connectivity index (χ0v) is 19.0. The van der Waals surface area contributed by atoms with Crippen LogP contribution in [-0.4, -0.2) is 36.2 Å². The molecule has 0 saturated heterocycles. The Labute approximate surface area is 181 Å². The first-order valence-corrected chi connectivity index (χ1v) is 11.0. The van der Waals surface area contributed by atoms with Gasteiger partial charge in [0.15, 0.2) is 0 Å². The molecule has 0 bridgehead atoms. The van der Waals surface area contributed by atoms with Crippen molar-refractivity contribution < 1.29 is 50.1 Å². The topological polar surface area (TPSA) is 103 Å². The lowest BCUT2D eigenvalue weighted by molar-refractivity contribution is -0.149. The van der Waals surface area contributed by atoms with Crippen molar-refractivity contribution >= 4 is 19.6 Å². The van der Waals surface area contributed by atoms with E-state index in [4.69, 9.17) is 9.47 Å². The van der Waals surface area contributed by atoms with Gasteiger partial charge in [-0.1, -0.05) is 0 Å². The Morgan fingerprint density at radius 2 is 1.00 bits per heavy atom. The fourth-order valence-electron chi connectivity index (χ4n) is 2.17. The second kappa shape index (κ2) is 11.1. The number of carbonyl (C=O) groups is 2. The Morgan fingerprint density at radius 3 is 1.31 bits per heavy atom. The third-order valence-electron chi connectivity index (χ3n) is 3.53. The van der Waals surface area contributed by atoms with Gasteiger partial charge < -0.3 is 14.0 Å². The number of esters is 2. The average molecular weight is 490 g/mol. The summed E-state index contributed by atoms with van der Waals surface area (Å²) in [7, 11) is -4.89. The van der Waals surface area contributed by atoms with Crippen LogP contribution in [0, 0.1) is 29.1 Å². The van der Waals surface area contributed by atoms with Gasteiger partial charge in [-0.3, -0.25) is 9.59 Å². The largest absolute Gasteiger partial charge is 0.462 e. The highest BCUT2D eigenvalue weighted by Gasteiger charge is 2.38. The van der Waals surface area contributed by atoms with Crippen molar-refractivity contribution in [3.05, 3.63) is 29.1 Å². The molecule has 0 spiro atoms. The van der Waals surface area contributed by atoms with Crippen LogP contribution in [0.25, 0.3) is 0 Å². The van der Waals surface area contributed by atoms with Crippen molar-refractivity contribution in [2.75, 3.05) is 0 Å². The number of carbonyl (C=O) groups excluding carboxylic acids is 2. The molecule has 2 N–H and O–H groups in total. The Kier molecular flexibility index (Phi) is 9.61. The summed E-state index contributed by atoms with van der Waals surface area (Å²) in [4.78, 5) is 24.1. The highest BCUT2D eigenvalue weighted by molar-refractivity contribution is 7.55. The number of nitrogens with one attached hydrogen (secondary N) is 2. The van der Waals surface area contributed by atoms with E-state index in [0.717, 1.165) is 13.8 Å². The Bertz CT molecular complexity index is 851. The first-order chi connectivity index (χ1) is 14.6. The number of rotatable bonds is 10. The van der Waals surface area contributed by atoms with Crippen LogP contribution in [0.2, 0.25) is 0 Å². The van der Waals surface area contributed by atoms with E-state index < -0.39 is 78.7 Å². The van der Waals surface area contributed by atoms with E-state index in [-0.39, 0.29) is 0 Å². The van der Waals surface area contributed by atoms with Crippen molar-refractivity contribution in [3.8, 4) is 5.75 Å². The lowest BCUT2D eigenvalue weighted by Crippen LogP contribution is -2.44. The quantitative estimate of drug-likeness (QED) is 0.168. The maximum absolute atomic E-state index is 14.1. The summed E-state index contributed by atoms with van der Waals surface area (Å²) in [5.74, 6) is -15.8. The standard InChI is InChI=1S/C18H24F5N2O6P/c1-7(2)29-17(26)9(5)24-32(28,25-10(6)18(27)30-8(3)4)31-16-14(22)12(20)11(19)13(21)15(16)23/h7-10H,1-6H3,(H2,24,25,28)/t9-,10-/m0/s1. The van der Waals surface area contributed by atoms with Crippen molar-refractivity contribution in [2.45, 2.75) is 65.8 Å². The van der Waals surface area contributed by atoms with Gasteiger partial charge in [0.05, 0.1) is 12.2 Å². The van der Waals surface area contributed by atoms with E-state index in [2.05, 4.69) is 14.7 Å². The van der Waals surface area contributed by atoms with Crippen LogP contribution in [0.15, 0.2) is 0 Å². The number of ether oxygens (including phenoxy) is 2. The van der Waals surface area contributed by atoms with Crippen LogP contribution in [0.5, 0.6) is 5.75 Å². The number of halogens is 5. The van der Waals surface area contributed by atoms with Gasteiger partial charge >= 0.3 is 19.6 Å². The average Bonchev–Trinajstić information content (AvgIpc) is 2.67. The summed E-state index contributed by atoms with van der Waals surface area (Å²) in [5.41, 5.74) is 0. The van der Waals surface area contributed by atoms with Gasteiger partial charge in [0, 0.05) is 0 Å².